The van der Waals surface area contributed by atoms with Gasteiger partial charge in [0, 0.05) is 12.5 Å². The van der Waals surface area contributed by atoms with Crippen molar-refractivity contribution in [1.29, 1.82) is 0 Å². The third kappa shape index (κ3) is 1.91. The lowest BCUT2D eigenvalue weighted by Gasteiger charge is -2.22. The van der Waals surface area contributed by atoms with Crippen molar-refractivity contribution in [3.63, 3.8) is 0 Å². The highest BCUT2D eigenvalue weighted by atomic mass is 32.2. The Balaban J connectivity index is 1.41. The van der Waals surface area contributed by atoms with Gasteiger partial charge in [0.2, 0.25) is 15.9 Å². The first-order valence-corrected chi connectivity index (χ1v) is 9.26. The summed E-state index contributed by atoms with van der Waals surface area (Å²) in [7, 11) is -3.56. The highest BCUT2D eigenvalue weighted by Crippen LogP contribution is 2.69. The van der Waals surface area contributed by atoms with E-state index in [0.717, 1.165) is 6.42 Å². The van der Waals surface area contributed by atoms with Crippen molar-refractivity contribution >= 4 is 15.9 Å². The zero-order valence-corrected chi connectivity index (χ0v) is 12.3. The van der Waals surface area contributed by atoms with Crippen molar-refractivity contribution in [1.82, 2.24) is 4.72 Å². The lowest BCUT2D eigenvalue weighted by molar-refractivity contribution is -0.121. The fourth-order valence-electron chi connectivity index (χ4n) is 4.92. The molecule has 1 saturated heterocycles. The summed E-state index contributed by atoms with van der Waals surface area (Å²) < 4.78 is 32.0. The molecular weight excluding hydrogens is 278 g/mol. The van der Waals surface area contributed by atoms with Crippen LogP contribution in [0.3, 0.4) is 0 Å². The van der Waals surface area contributed by atoms with Crippen LogP contribution < -0.4 is 4.72 Å². The first kappa shape index (κ1) is 13.1. The maximum Gasteiger partial charge on any atom is 0.240 e. The first-order chi connectivity index (χ1) is 9.58. The van der Waals surface area contributed by atoms with Crippen LogP contribution in [0, 0.1) is 29.6 Å². The molecule has 20 heavy (non-hydrogen) atoms. The smallest absolute Gasteiger partial charge is 0.240 e. The van der Waals surface area contributed by atoms with Crippen LogP contribution in [-0.4, -0.2) is 32.8 Å². The molecule has 0 aromatic rings. The number of amides is 1. The third-order valence-corrected chi connectivity index (χ3v) is 7.57. The summed E-state index contributed by atoms with van der Waals surface area (Å²) >= 11 is 0. The average molecular weight is 299 g/mol. The minimum atomic E-state index is -3.56. The molecule has 3 aliphatic carbocycles. The average Bonchev–Trinajstić information content (AvgIpc) is 2.89. The SMILES string of the molecule is O=C(NS(=O)(=O)C1CCCOC1)C1[C@@H]2[C@H]3CC[C@H](C3)[C@H]12. The Morgan fingerprint density at radius 3 is 2.40 bits per heavy atom. The van der Waals surface area contributed by atoms with E-state index >= 15 is 0 Å². The number of carbonyl (C=O) groups excluding carboxylic acids is 1. The van der Waals surface area contributed by atoms with Gasteiger partial charge in [-0.2, -0.15) is 0 Å². The minimum Gasteiger partial charge on any atom is -0.380 e. The van der Waals surface area contributed by atoms with Gasteiger partial charge in [0.1, 0.15) is 5.25 Å². The van der Waals surface area contributed by atoms with Gasteiger partial charge in [0.05, 0.1) is 6.61 Å². The molecule has 3 saturated carbocycles. The Hall–Kier alpha value is -0.620. The van der Waals surface area contributed by atoms with Crippen molar-refractivity contribution in [2.45, 2.75) is 37.4 Å². The third-order valence-electron chi connectivity index (χ3n) is 5.84. The van der Waals surface area contributed by atoms with Crippen LogP contribution in [0.2, 0.25) is 0 Å². The number of ether oxygens (including phenoxy) is 1. The molecule has 112 valence electrons. The highest BCUT2D eigenvalue weighted by molar-refractivity contribution is 7.90. The number of sulfonamides is 1. The molecule has 2 unspecified atom stereocenters. The molecule has 1 aliphatic heterocycles. The quantitative estimate of drug-likeness (QED) is 0.840. The van der Waals surface area contributed by atoms with Crippen LogP contribution in [0.5, 0.6) is 0 Å². The molecule has 1 heterocycles. The van der Waals surface area contributed by atoms with Gasteiger partial charge in [0.15, 0.2) is 0 Å². The second kappa shape index (κ2) is 4.44. The van der Waals surface area contributed by atoms with Crippen molar-refractivity contribution in [3.05, 3.63) is 0 Å². The van der Waals surface area contributed by atoms with Crippen LogP contribution in [0.4, 0.5) is 0 Å². The van der Waals surface area contributed by atoms with Gasteiger partial charge in [-0.1, -0.05) is 0 Å². The summed E-state index contributed by atoms with van der Waals surface area (Å²) in [4.78, 5) is 12.3. The van der Waals surface area contributed by atoms with Crippen LogP contribution in [0.1, 0.15) is 32.1 Å². The number of rotatable bonds is 3. The maximum atomic E-state index is 12.3. The second-order valence-electron chi connectivity index (χ2n) is 6.86. The molecule has 0 aromatic heterocycles. The van der Waals surface area contributed by atoms with E-state index in [0.29, 0.717) is 36.7 Å². The Labute approximate surface area is 119 Å². The molecule has 5 nitrogen and oxygen atoms in total. The van der Waals surface area contributed by atoms with Crippen LogP contribution in [-0.2, 0) is 19.6 Å². The number of hydrogen-bond donors (Lipinski definition) is 1. The van der Waals surface area contributed by atoms with Gasteiger partial charge in [-0.25, -0.2) is 8.42 Å². The van der Waals surface area contributed by atoms with Gasteiger partial charge >= 0.3 is 0 Å². The summed E-state index contributed by atoms with van der Waals surface area (Å²) in [5.41, 5.74) is 0. The predicted molar refractivity (Wildman–Crippen MR) is 72.2 cm³/mol. The van der Waals surface area contributed by atoms with Gasteiger partial charge in [0.25, 0.3) is 0 Å². The van der Waals surface area contributed by atoms with Crippen LogP contribution in [0.15, 0.2) is 0 Å². The van der Waals surface area contributed by atoms with Gasteiger partial charge < -0.3 is 4.74 Å². The number of carbonyl (C=O) groups is 1. The van der Waals surface area contributed by atoms with Crippen molar-refractivity contribution in [2.24, 2.45) is 29.6 Å². The van der Waals surface area contributed by atoms with E-state index in [-0.39, 0.29) is 18.4 Å². The van der Waals surface area contributed by atoms with E-state index in [2.05, 4.69) is 4.72 Å². The van der Waals surface area contributed by atoms with Crippen LogP contribution in [0.25, 0.3) is 0 Å². The largest absolute Gasteiger partial charge is 0.380 e. The topological polar surface area (TPSA) is 72.5 Å². The summed E-state index contributed by atoms with van der Waals surface area (Å²) in [6.45, 7) is 0.835. The Bertz CT molecular complexity index is 509. The molecule has 6 heteroatoms. The molecule has 4 rings (SSSR count). The first-order valence-electron chi connectivity index (χ1n) is 7.71. The summed E-state index contributed by atoms with van der Waals surface area (Å²) in [5, 5.41) is -0.560. The second-order valence-corrected chi connectivity index (χ2v) is 8.82. The summed E-state index contributed by atoms with van der Waals surface area (Å²) in [6, 6.07) is 0. The normalized spacial score (nSPS) is 46.0. The maximum absolute atomic E-state index is 12.3. The van der Waals surface area contributed by atoms with Crippen molar-refractivity contribution in [3.8, 4) is 0 Å². The number of hydrogen-bond acceptors (Lipinski definition) is 4. The molecule has 4 fully saturated rings. The standard InChI is InChI=1S/C14H21NO4S/c16-14(13-11-8-3-4-9(6-8)12(11)13)15-20(17,18)10-2-1-5-19-7-10/h8-13H,1-7H2,(H,15,16)/t8-,9+,10?,11+,12-,13?. The summed E-state index contributed by atoms with van der Waals surface area (Å²) in [5.74, 6) is 2.05. The van der Waals surface area contributed by atoms with E-state index in [1.54, 1.807) is 0 Å². The van der Waals surface area contributed by atoms with Gasteiger partial charge in [-0.15, -0.1) is 0 Å². The van der Waals surface area contributed by atoms with Gasteiger partial charge in [-0.05, 0) is 55.8 Å². The lowest BCUT2D eigenvalue weighted by Crippen LogP contribution is -2.43. The zero-order valence-electron chi connectivity index (χ0n) is 11.5. The fourth-order valence-corrected chi connectivity index (χ4v) is 6.26. The Morgan fingerprint density at radius 1 is 1.10 bits per heavy atom. The van der Waals surface area contributed by atoms with Crippen LogP contribution >= 0.6 is 0 Å². The van der Waals surface area contributed by atoms with E-state index in [4.69, 9.17) is 4.74 Å². The van der Waals surface area contributed by atoms with E-state index in [9.17, 15) is 13.2 Å². The molecule has 0 radical (unpaired) electrons. The molecular formula is C14H21NO4S. The fraction of sp³-hybridized carbons (Fsp3) is 0.929. The molecule has 1 N–H and O–H groups in total. The van der Waals surface area contributed by atoms with Gasteiger partial charge in [-0.3, -0.25) is 9.52 Å². The number of nitrogens with one attached hydrogen (secondary N) is 1. The molecule has 0 aromatic carbocycles. The molecule has 4 aliphatic rings. The number of fused-ring (bicyclic) bond motifs is 5. The Kier molecular flexibility index (Phi) is 2.90. The molecule has 0 spiro atoms. The zero-order chi connectivity index (χ0) is 13.9. The lowest BCUT2D eigenvalue weighted by atomic mass is 10.0. The molecule has 6 atom stereocenters. The van der Waals surface area contributed by atoms with E-state index in [1.807, 2.05) is 0 Å². The molecule has 2 bridgehead atoms. The van der Waals surface area contributed by atoms with E-state index < -0.39 is 15.3 Å². The van der Waals surface area contributed by atoms with E-state index in [1.165, 1.54) is 19.3 Å². The Morgan fingerprint density at radius 2 is 1.80 bits per heavy atom. The van der Waals surface area contributed by atoms with Crippen molar-refractivity contribution < 1.29 is 17.9 Å². The molecule has 1 amide bonds. The predicted octanol–water partition coefficient (Wildman–Crippen LogP) is 0.903. The summed E-state index contributed by atoms with van der Waals surface area (Å²) in [6.07, 6.45) is 5.07. The monoisotopic (exact) mass is 299 g/mol. The highest BCUT2D eigenvalue weighted by Gasteiger charge is 2.67. The minimum absolute atomic E-state index is 0.0273. The van der Waals surface area contributed by atoms with Crippen molar-refractivity contribution in [2.75, 3.05) is 13.2 Å².